The van der Waals surface area contributed by atoms with Gasteiger partial charge in [-0.1, -0.05) is 65.1 Å². The van der Waals surface area contributed by atoms with Gasteiger partial charge in [0.25, 0.3) is 0 Å². The molecular weight excluding hydrogens is 427 g/mol. The van der Waals surface area contributed by atoms with Crippen LogP contribution >= 0.6 is 34.8 Å². The zero-order valence-electron chi connectivity index (χ0n) is 15.4. The maximum atomic E-state index is 13.4. The summed E-state index contributed by atoms with van der Waals surface area (Å²) >= 11 is 18.5. The highest BCUT2D eigenvalue weighted by Crippen LogP contribution is 2.35. The molecule has 0 aliphatic heterocycles. The number of benzene rings is 3. The van der Waals surface area contributed by atoms with Crippen LogP contribution in [0.4, 0.5) is 0 Å². The molecule has 0 atom stereocenters. The third-order valence-corrected chi connectivity index (χ3v) is 5.44. The third-order valence-electron chi connectivity index (χ3n) is 4.64. The first kappa shape index (κ1) is 19.7. The second-order valence-corrected chi connectivity index (χ2v) is 7.80. The molecule has 6 heteroatoms. The van der Waals surface area contributed by atoms with Gasteiger partial charge in [0.2, 0.25) is 0 Å². The average Bonchev–Trinajstić information content (AvgIpc) is 3.05. The van der Waals surface area contributed by atoms with Crippen LogP contribution in [-0.4, -0.2) is 15.6 Å². The molecular formula is C23H15Cl3N2O. The van der Waals surface area contributed by atoms with Crippen molar-refractivity contribution in [3.05, 3.63) is 105 Å². The topological polar surface area (TPSA) is 34.9 Å². The lowest BCUT2D eigenvalue weighted by Gasteiger charge is -2.06. The minimum Gasteiger partial charge on any atom is -0.288 e. The first-order valence-electron chi connectivity index (χ1n) is 8.86. The molecule has 3 aromatic carbocycles. The summed E-state index contributed by atoms with van der Waals surface area (Å²) in [5.74, 6) is -0.121. The third kappa shape index (κ3) is 3.82. The number of aromatic nitrogens is 2. The highest BCUT2D eigenvalue weighted by Gasteiger charge is 2.25. The number of halogens is 3. The van der Waals surface area contributed by atoms with Crippen molar-refractivity contribution in [3.8, 4) is 16.9 Å². The quantitative estimate of drug-likeness (QED) is 0.318. The molecule has 0 aliphatic rings. The summed E-state index contributed by atoms with van der Waals surface area (Å²) in [5, 5.41) is 6.32. The summed E-state index contributed by atoms with van der Waals surface area (Å²) in [4.78, 5) is 13.4. The van der Waals surface area contributed by atoms with Crippen LogP contribution < -0.4 is 0 Å². The number of nitrogens with zero attached hydrogens (tertiary/aromatic N) is 2. The normalized spacial score (nSPS) is 10.9. The van der Waals surface area contributed by atoms with E-state index in [0.29, 0.717) is 43.1 Å². The van der Waals surface area contributed by atoms with Crippen LogP contribution in [0.3, 0.4) is 0 Å². The number of carbonyl (C=O) groups excluding carboxylic acids is 1. The zero-order valence-corrected chi connectivity index (χ0v) is 17.6. The van der Waals surface area contributed by atoms with Crippen LogP contribution in [0.2, 0.25) is 15.1 Å². The van der Waals surface area contributed by atoms with Gasteiger partial charge in [0.15, 0.2) is 5.78 Å². The number of carbonyl (C=O) groups is 1. The smallest absolute Gasteiger partial charge is 0.197 e. The van der Waals surface area contributed by atoms with Crippen LogP contribution in [0.15, 0.2) is 72.8 Å². The van der Waals surface area contributed by atoms with E-state index in [9.17, 15) is 4.79 Å². The Labute approximate surface area is 183 Å². The molecule has 0 unspecified atom stereocenters. The largest absolute Gasteiger partial charge is 0.288 e. The molecule has 4 aromatic rings. The van der Waals surface area contributed by atoms with Gasteiger partial charge in [0.05, 0.1) is 22.0 Å². The Hall–Kier alpha value is -2.59. The lowest BCUT2D eigenvalue weighted by molar-refractivity contribution is 0.103. The lowest BCUT2D eigenvalue weighted by atomic mass is 9.98. The molecule has 4 rings (SSSR count). The summed E-state index contributed by atoms with van der Waals surface area (Å²) in [6.07, 6.45) is 0. The molecule has 0 amide bonds. The number of ketones is 1. The fourth-order valence-corrected chi connectivity index (χ4v) is 3.84. The Morgan fingerprint density at radius 1 is 0.862 bits per heavy atom. The Bertz CT molecular complexity index is 1200. The second-order valence-electron chi connectivity index (χ2n) is 6.52. The van der Waals surface area contributed by atoms with Crippen LogP contribution in [0.1, 0.15) is 21.6 Å². The standard InChI is InChI=1S/C23H15Cl3N2O/c1-14-21(23(29)15-5-3-2-4-6-15)22(19-12-9-17(25)13-20(19)26)27-28(14)18-10-7-16(24)8-11-18/h2-13H,1H3. The van der Waals surface area contributed by atoms with E-state index in [2.05, 4.69) is 0 Å². The summed E-state index contributed by atoms with van der Waals surface area (Å²) in [6.45, 7) is 1.87. The molecule has 144 valence electrons. The number of hydrogen-bond acceptors (Lipinski definition) is 2. The van der Waals surface area contributed by atoms with Gasteiger partial charge in [-0.15, -0.1) is 0 Å². The van der Waals surface area contributed by atoms with Crippen molar-refractivity contribution in [2.75, 3.05) is 0 Å². The van der Waals surface area contributed by atoms with Crippen molar-refractivity contribution in [1.29, 1.82) is 0 Å². The lowest BCUT2D eigenvalue weighted by Crippen LogP contribution is -2.05. The molecule has 0 saturated heterocycles. The molecule has 29 heavy (non-hydrogen) atoms. The number of rotatable bonds is 4. The second kappa shape index (κ2) is 8.03. The molecule has 0 bridgehead atoms. The van der Waals surface area contributed by atoms with Crippen LogP contribution in [-0.2, 0) is 0 Å². The van der Waals surface area contributed by atoms with Gasteiger partial charge < -0.3 is 0 Å². The molecule has 0 radical (unpaired) electrons. The van der Waals surface area contributed by atoms with Crippen LogP contribution in [0.25, 0.3) is 16.9 Å². The zero-order chi connectivity index (χ0) is 20.5. The fourth-order valence-electron chi connectivity index (χ4n) is 3.21. The van der Waals surface area contributed by atoms with Crippen molar-refractivity contribution in [1.82, 2.24) is 9.78 Å². The molecule has 0 saturated carbocycles. The monoisotopic (exact) mass is 440 g/mol. The van der Waals surface area contributed by atoms with Gasteiger partial charge in [0.1, 0.15) is 5.69 Å². The SMILES string of the molecule is Cc1c(C(=O)c2ccccc2)c(-c2ccc(Cl)cc2Cl)nn1-c1ccc(Cl)cc1. The van der Waals surface area contributed by atoms with E-state index in [1.807, 2.05) is 37.3 Å². The summed E-state index contributed by atoms with van der Waals surface area (Å²) in [5.41, 5.74) is 3.74. The van der Waals surface area contributed by atoms with Crippen molar-refractivity contribution in [2.45, 2.75) is 6.92 Å². The predicted molar refractivity (Wildman–Crippen MR) is 119 cm³/mol. The van der Waals surface area contributed by atoms with E-state index in [1.54, 1.807) is 47.1 Å². The predicted octanol–water partition coefficient (Wildman–Crippen LogP) is 7.04. The molecule has 0 fully saturated rings. The van der Waals surface area contributed by atoms with Crippen molar-refractivity contribution < 1.29 is 4.79 Å². The van der Waals surface area contributed by atoms with E-state index >= 15 is 0 Å². The fraction of sp³-hybridized carbons (Fsp3) is 0.0435. The molecule has 1 aromatic heterocycles. The Morgan fingerprint density at radius 3 is 2.17 bits per heavy atom. The van der Waals surface area contributed by atoms with Crippen LogP contribution in [0.5, 0.6) is 0 Å². The van der Waals surface area contributed by atoms with E-state index in [1.165, 1.54) is 0 Å². The molecule has 0 N–H and O–H groups in total. The Balaban J connectivity index is 1.96. The van der Waals surface area contributed by atoms with Crippen molar-refractivity contribution in [3.63, 3.8) is 0 Å². The van der Waals surface area contributed by atoms with Crippen molar-refractivity contribution >= 4 is 40.6 Å². The van der Waals surface area contributed by atoms with Gasteiger partial charge in [-0.25, -0.2) is 4.68 Å². The first-order chi connectivity index (χ1) is 14.0. The van der Waals surface area contributed by atoms with Gasteiger partial charge in [-0.3, -0.25) is 4.79 Å². The molecule has 3 nitrogen and oxygen atoms in total. The minimum absolute atomic E-state index is 0.121. The van der Waals surface area contributed by atoms with E-state index < -0.39 is 0 Å². The summed E-state index contributed by atoms with van der Waals surface area (Å²) in [7, 11) is 0. The van der Waals surface area contributed by atoms with Gasteiger partial charge >= 0.3 is 0 Å². The maximum Gasteiger partial charge on any atom is 0.197 e. The molecule has 1 heterocycles. The minimum atomic E-state index is -0.121. The van der Waals surface area contributed by atoms with E-state index in [4.69, 9.17) is 39.9 Å². The Kier molecular flexibility index (Phi) is 5.46. The first-order valence-corrected chi connectivity index (χ1v) is 10.00. The van der Waals surface area contributed by atoms with Crippen molar-refractivity contribution in [2.24, 2.45) is 0 Å². The summed E-state index contributed by atoms with van der Waals surface area (Å²) in [6, 6.07) is 21.5. The van der Waals surface area contributed by atoms with Crippen LogP contribution in [0, 0.1) is 6.92 Å². The van der Waals surface area contributed by atoms with Gasteiger partial charge in [-0.05, 0) is 49.4 Å². The summed E-state index contributed by atoms with van der Waals surface area (Å²) < 4.78 is 1.73. The number of hydrogen-bond donors (Lipinski definition) is 0. The van der Waals surface area contributed by atoms with E-state index in [-0.39, 0.29) is 5.78 Å². The van der Waals surface area contributed by atoms with E-state index in [0.717, 1.165) is 5.69 Å². The van der Waals surface area contributed by atoms with Gasteiger partial charge in [-0.2, -0.15) is 5.10 Å². The highest BCUT2D eigenvalue weighted by atomic mass is 35.5. The molecule has 0 aliphatic carbocycles. The average molecular weight is 442 g/mol. The molecule has 0 spiro atoms. The maximum absolute atomic E-state index is 13.4. The Morgan fingerprint density at radius 2 is 1.52 bits per heavy atom. The van der Waals surface area contributed by atoms with Gasteiger partial charge in [0, 0.05) is 21.2 Å². The highest BCUT2D eigenvalue weighted by molar-refractivity contribution is 6.36.